The molecule has 1 aliphatic rings. The maximum Gasteiger partial charge on any atom is 0.451 e. The van der Waals surface area contributed by atoms with Crippen molar-refractivity contribution in [3.63, 3.8) is 0 Å². The van der Waals surface area contributed by atoms with E-state index in [0.717, 1.165) is 6.07 Å². The highest BCUT2D eigenvalue weighted by Crippen LogP contribution is 2.45. The zero-order valence-corrected chi connectivity index (χ0v) is 11.3. The highest BCUT2D eigenvalue weighted by atomic mass is 35.5. The number of hydrogen-bond acceptors (Lipinski definition) is 3. The SMILES string of the molecule is Cc1cc(C2=C(Cl)C(O)(C(F)(F)F)ON2)c(F)cc1Cl. The molecule has 2 rings (SSSR count). The van der Waals surface area contributed by atoms with Crippen molar-refractivity contribution in [1.82, 2.24) is 5.48 Å². The molecule has 3 nitrogen and oxygen atoms in total. The fourth-order valence-electron chi connectivity index (χ4n) is 1.59. The molecule has 0 spiro atoms. The van der Waals surface area contributed by atoms with Crippen LogP contribution in [0.4, 0.5) is 17.6 Å². The fourth-order valence-corrected chi connectivity index (χ4v) is 2.02. The van der Waals surface area contributed by atoms with E-state index in [4.69, 9.17) is 23.2 Å². The van der Waals surface area contributed by atoms with E-state index in [9.17, 15) is 22.7 Å². The smallest absolute Gasteiger partial charge is 0.353 e. The van der Waals surface area contributed by atoms with Crippen LogP contribution in [0.3, 0.4) is 0 Å². The van der Waals surface area contributed by atoms with Crippen LogP contribution in [0.15, 0.2) is 17.2 Å². The minimum absolute atomic E-state index is 0.105. The number of nitrogens with one attached hydrogen (secondary N) is 1. The van der Waals surface area contributed by atoms with Gasteiger partial charge in [0.15, 0.2) is 0 Å². The number of alkyl halides is 3. The molecule has 0 saturated carbocycles. The maximum atomic E-state index is 13.8. The van der Waals surface area contributed by atoms with Crippen LogP contribution < -0.4 is 5.48 Å². The van der Waals surface area contributed by atoms with Crippen LogP contribution in [-0.4, -0.2) is 17.1 Å². The third-order valence-electron chi connectivity index (χ3n) is 2.72. The molecule has 0 radical (unpaired) electrons. The Hall–Kier alpha value is -1.02. The first-order valence-corrected chi connectivity index (χ1v) is 5.93. The average Bonchev–Trinajstić information content (AvgIpc) is 2.62. The van der Waals surface area contributed by atoms with Crippen LogP contribution in [0.1, 0.15) is 11.1 Å². The molecule has 1 aromatic rings. The van der Waals surface area contributed by atoms with Gasteiger partial charge in [0.25, 0.3) is 0 Å². The summed E-state index contributed by atoms with van der Waals surface area (Å²) >= 11 is 11.2. The molecule has 1 unspecified atom stereocenters. The van der Waals surface area contributed by atoms with Crippen LogP contribution in [0.25, 0.3) is 5.70 Å². The van der Waals surface area contributed by atoms with Gasteiger partial charge in [-0.1, -0.05) is 23.2 Å². The second-order valence-corrected chi connectivity index (χ2v) is 4.90. The number of aryl methyl sites for hydroxylation is 1. The number of benzene rings is 1. The van der Waals surface area contributed by atoms with E-state index < -0.39 is 28.5 Å². The van der Waals surface area contributed by atoms with Gasteiger partial charge in [0.1, 0.15) is 10.8 Å². The molecule has 1 aliphatic heterocycles. The van der Waals surface area contributed by atoms with Gasteiger partial charge in [-0.2, -0.15) is 13.2 Å². The Morgan fingerprint density at radius 1 is 1.30 bits per heavy atom. The molecule has 0 amide bonds. The van der Waals surface area contributed by atoms with Gasteiger partial charge in [-0.05, 0) is 24.6 Å². The van der Waals surface area contributed by atoms with Gasteiger partial charge in [0, 0.05) is 10.6 Å². The lowest BCUT2D eigenvalue weighted by molar-refractivity contribution is -0.347. The molecule has 1 aromatic carbocycles. The van der Waals surface area contributed by atoms with Crippen molar-refractivity contribution in [2.45, 2.75) is 18.9 Å². The molecule has 2 N–H and O–H groups in total. The summed E-state index contributed by atoms with van der Waals surface area (Å²) in [5, 5.41) is 8.39. The van der Waals surface area contributed by atoms with E-state index in [1.807, 2.05) is 0 Å². The summed E-state index contributed by atoms with van der Waals surface area (Å²) in [6.07, 6.45) is -5.18. The van der Waals surface area contributed by atoms with Crippen molar-refractivity contribution < 1.29 is 27.5 Å². The number of rotatable bonds is 1. The standard InChI is InChI=1S/C11H7Cl2F4NO2/c1-4-2-5(7(14)3-6(4)12)8-9(13)10(19,20-18-8)11(15,16)17/h2-3,18-19H,1H3. The summed E-state index contributed by atoms with van der Waals surface area (Å²) in [4.78, 5) is 4.08. The summed E-state index contributed by atoms with van der Waals surface area (Å²) < 4.78 is 51.8. The average molecular weight is 332 g/mol. The maximum absolute atomic E-state index is 13.8. The van der Waals surface area contributed by atoms with E-state index in [0.29, 0.717) is 5.56 Å². The van der Waals surface area contributed by atoms with Gasteiger partial charge in [-0.25, -0.2) is 9.23 Å². The highest BCUT2D eigenvalue weighted by molar-refractivity contribution is 6.34. The summed E-state index contributed by atoms with van der Waals surface area (Å²) in [5.41, 5.74) is 1.42. The summed E-state index contributed by atoms with van der Waals surface area (Å²) in [5.74, 6) is -4.62. The van der Waals surface area contributed by atoms with Gasteiger partial charge in [0.2, 0.25) is 0 Å². The van der Waals surface area contributed by atoms with E-state index in [1.165, 1.54) is 13.0 Å². The molecule has 110 valence electrons. The molecular weight excluding hydrogens is 325 g/mol. The van der Waals surface area contributed by atoms with Gasteiger partial charge in [0.05, 0.1) is 5.70 Å². The minimum Gasteiger partial charge on any atom is -0.353 e. The van der Waals surface area contributed by atoms with Crippen molar-refractivity contribution in [3.8, 4) is 0 Å². The Bertz CT molecular complexity index is 603. The Morgan fingerprint density at radius 2 is 1.90 bits per heavy atom. The quantitative estimate of drug-likeness (QED) is 0.774. The number of halogens is 6. The van der Waals surface area contributed by atoms with Gasteiger partial charge in [-0.15, -0.1) is 0 Å². The molecule has 0 fully saturated rings. The zero-order valence-electron chi connectivity index (χ0n) is 9.78. The summed E-state index contributed by atoms with van der Waals surface area (Å²) in [6.45, 7) is 1.53. The molecule has 20 heavy (non-hydrogen) atoms. The van der Waals surface area contributed by atoms with Crippen LogP contribution in [-0.2, 0) is 4.84 Å². The van der Waals surface area contributed by atoms with Crippen molar-refractivity contribution in [2.24, 2.45) is 0 Å². The van der Waals surface area contributed by atoms with E-state index >= 15 is 0 Å². The van der Waals surface area contributed by atoms with Crippen LogP contribution in [0.5, 0.6) is 0 Å². The van der Waals surface area contributed by atoms with Crippen molar-refractivity contribution in [2.75, 3.05) is 0 Å². The second-order valence-electron chi connectivity index (χ2n) is 4.12. The van der Waals surface area contributed by atoms with Gasteiger partial charge in [-0.3, -0.25) is 5.48 Å². The lowest BCUT2D eigenvalue weighted by Gasteiger charge is -2.23. The predicted molar refractivity (Wildman–Crippen MR) is 64.1 cm³/mol. The number of hydroxylamine groups is 1. The van der Waals surface area contributed by atoms with Gasteiger partial charge >= 0.3 is 12.0 Å². The predicted octanol–water partition coefficient (Wildman–Crippen LogP) is 3.48. The highest BCUT2D eigenvalue weighted by Gasteiger charge is 2.62. The zero-order chi connectivity index (χ0) is 15.3. The topological polar surface area (TPSA) is 41.5 Å². The van der Waals surface area contributed by atoms with Crippen molar-refractivity contribution >= 4 is 28.9 Å². The van der Waals surface area contributed by atoms with Crippen molar-refractivity contribution in [3.05, 3.63) is 39.1 Å². The largest absolute Gasteiger partial charge is 0.451 e. The van der Waals surface area contributed by atoms with E-state index in [-0.39, 0.29) is 10.6 Å². The molecule has 0 aromatic heterocycles. The Balaban J connectivity index is 2.58. The van der Waals surface area contributed by atoms with Gasteiger partial charge < -0.3 is 5.11 Å². The van der Waals surface area contributed by atoms with Crippen molar-refractivity contribution in [1.29, 1.82) is 0 Å². The van der Waals surface area contributed by atoms with Crippen LogP contribution in [0, 0.1) is 12.7 Å². The van der Waals surface area contributed by atoms with Crippen LogP contribution in [0.2, 0.25) is 5.02 Å². The first kappa shape index (κ1) is 15.4. The number of aliphatic hydroxyl groups is 1. The normalized spacial score (nSPS) is 23.2. The summed E-state index contributed by atoms with van der Waals surface area (Å²) in [6, 6.07) is 2.11. The molecular formula is C11H7Cl2F4NO2. The van der Waals surface area contributed by atoms with E-state index in [2.05, 4.69) is 4.84 Å². The lowest BCUT2D eigenvalue weighted by atomic mass is 10.1. The molecule has 0 saturated heterocycles. The second kappa shape index (κ2) is 4.77. The number of hydrogen-bond donors (Lipinski definition) is 2. The molecule has 0 bridgehead atoms. The molecule has 0 aliphatic carbocycles. The van der Waals surface area contributed by atoms with E-state index in [1.54, 1.807) is 5.48 Å². The first-order chi connectivity index (χ1) is 9.08. The first-order valence-electron chi connectivity index (χ1n) is 5.17. The Kier molecular flexibility index (Phi) is 3.66. The molecule has 1 atom stereocenters. The Labute approximate surface area is 120 Å². The third-order valence-corrected chi connectivity index (χ3v) is 3.57. The monoisotopic (exact) mass is 331 g/mol. The van der Waals surface area contributed by atoms with Crippen LogP contribution >= 0.6 is 23.2 Å². The molecule has 1 heterocycles. The lowest BCUT2D eigenvalue weighted by Crippen LogP contribution is -2.46. The molecule has 9 heteroatoms. The minimum atomic E-state index is -5.18. The third kappa shape index (κ3) is 2.24. The Morgan fingerprint density at radius 3 is 2.40 bits per heavy atom. The fraction of sp³-hybridized carbons (Fsp3) is 0.273. The summed E-state index contributed by atoms with van der Waals surface area (Å²) in [7, 11) is 0.